The topological polar surface area (TPSA) is 383 Å². The fourth-order valence-corrected chi connectivity index (χ4v) is 14.6. The van der Waals surface area contributed by atoms with Crippen LogP contribution >= 0.6 is 92.8 Å². The molecule has 29 nitrogen and oxygen atoms in total. The van der Waals surface area contributed by atoms with Gasteiger partial charge in [0.1, 0.15) is 6.61 Å². The van der Waals surface area contributed by atoms with Crippen LogP contribution in [-0.2, 0) is 59.6 Å². The molecule has 0 bridgehead atoms. The van der Waals surface area contributed by atoms with Gasteiger partial charge < -0.3 is 42.2 Å². The predicted molar refractivity (Wildman–Crippen MR) is 433 cm³/mol. The van der Waals surface area contributed by atoms with Crippen LogP contribution in [0.25, 0.3) is 67.1 Å². The number of amides is 5. The molecule has 12 N–H and O–H groups in total. The van der Waals surface area contributed by atoms with Gasteiger partial charge in [-0.3, -0.25) is 62.8 Å². The van der Waals surface area contributed by atoms with Crippen LogP contribution in [0.2, 0.25) is 40.2 Å². The zero-order valence-corrected chi connectivity index (χ0v) is 66.3. The first-order valence-electron chi connectivity index (χ1n) is 34.7. The maximum absolute atomic E-state index is 12.8. The van der Waals surface area contributed by atoms with E-state index in [0.717, 1.165) is 92.7 Å². The van der Waals surface area contributed by atoms with E-state index in [1.807, 2.05) is 54.9 Å². The maximum atomic E-state index is 12.8. The van der Waals surface area contributed by atoms with E-state index in [1.54, 1.807) is 96.4 Å². The Morgan fingerprint density at radius 1 is 0.405 bits per heavy atom. The molecule has 8 aromatic heterocycles. The predicted octanol–water partition coefficient (Wildman–Crippen LogP) is 12.7. The number of carbonyl (C=O) groups is 5. The number of fused-ring (bicyclic) bond motifs is 4. The summed E-state index contributed by atoms with van der Waals surface area (Å²) in [7, 11) is 5.05. The highest BCUT2D eigenvalue weighted by Crippen LogP contribution is 2.39. The first kappa shape index (κ1) is 82.7. The molecule has 10 heterocycles. The Bertz CT molecular complexity index is 5430. The highest BCUT2D eigenvalue weighted by atomic mass is 35.5. The van der Waals surface area contributed by atoms with Crippen molar-refractivity contribution in [3.8, 4) is 44.5 Å². The van der Waals surface area contributed by atoms with Crippen LogP contribution in [0.15, 0.2) is 122 Å². The molecule has 0 aliphatic carbocycles. The SMILES string of the molecule is CC(=O)N1CCC(C(=O)Nc2nnc3cc(CN)c(-c4ccc(Cl)cc4Cl)cn23)CC1.CN1CCC(C(=O)Nc2nnc3cc(CN)c(-c4ccc(Cl)cc4Cl)cn23)CC1.COCC(=O)Nc1nnc2cc(CN)c(-c3ccc(Cl)cc3Cl)cn12.COCCC(=O)Nc1nnc2cc(CN)c(-c3ccc(Cl)cc3Cl)cn12. The molecule has 0 atom stereocenters. The van der Waals surface area contributed by atoms with Crippen molar-refractivity contribution in [2.75, 3.05) is 81.9 Å². The van der Waals surface area contributed by atoms with Crippen LogP contribution in [-0.4, -0.2) is 158 Å². The number of nitrogens with one attached hydrogen (secondary N) is 4. The molecular weight excluding hydrogens is 1590 g/mol. The standard InChI is InChI=1S/C21H22Cl2N6O2.C20H22Cl2N6O.C17H17Cl2N5O2.C16H15Cl2N5O2/c1-12(30)28-6-4-13(5-7-28)20(31)25-21-27-26-19-8-14(10-24)17(11-29(19)21)16-3-2-15(22)9-18(16)23;1-27-6-4-12(5-7-27)19(29)24-20-26-25-18-8-13(10-23)16(11-28(18)20)15-3-2-14(21)9-17(15)22;1-26-5-4-16(25)21-17-23-22-15-6-10(8-20)13(9-24(15)17)12-3-2-11(18)7-14(12)19;1-25-8-15(24)20-16-22-21-14-4-9(6-19)12(7-23(14)16)11-3-2-10(17)5-13(11)18/h2-3,8-9,11,13H,4-7,10,24H2,1H3,(H,25,27,31);2-3,8-9,11-12H,4-7,10,23H2,1H3,(H,24,26,29);2-3,6-7,9H,4-5,8,20H2,1H3,(H,21,23,25);2-5,7H,6,8,19H2,1H3,(H,20,22,24). The van der Waals surface area contributed by atoms with Crippen LogP contribution in [0.5, 0.6) is 0 Å². The summed E-state index contributed by atoms with van der Waals surface area (Å²) in [5.41, 5.74) is 35.8. The second-order valence-electron chi connectivity index (χ2n) is 25.8. The molecule has 2 saturated heterocycles. The van der Waals surface area contributed by atoms with E-state index in [2.05, 4.69) is 74.0 Å². The summed E-state index contributed by atoms with van der Waals surface area (Å²) in [5.74, 6) is 0.439. The molecule has 2 fully saturated rings. The number of methoxy groups -OCH3 is 2. The summed E-state index contributed by atoms with van der Waals surface area (Å²) >= 11 is 49.5. The van der Waals surface area contributed by atoms with Crippen LogP contribution in [0.3, 0.4) is 0 Å². The molecule has 4 aromatic carbocycles. The molecule has 0 unspecified atom stereocenters. The van der Waals surface area contributed by atoms with Gasteiger partial charge in [0.2, 0.25) is 47.4 Å². The Labute approximate surface area is 676 Å². The van der Waals surface area contributed by atoms with Crippen molar-refractivity contribution in [2.45, 2.75) is 65.2 Å². The van der Waals surface area contributed by atoms with Gasteiger partial charge in [0.25, 0.3) is 5.91 Å². The number of halogens is 8. The summed E-state index contributed by atoms with van der Waals surface area (Å²) < 4.78 is 16.5. The number of carbonyl (C=O) groups excluding carboxylic acids is 5. The number of nitrogens with zero attached hydrogens (tertiary/aromatic N) is 14. The van der Waals surface area contributed by atoms with E-state index in [0.29, 0.717) is 133 Å². The van der Waals surface area contributed by atoms with E-state index in [4.69, 9.17) is 125 Å². The van der Waals surface area contributed by atoms with Crippen molar-refractivity contribution >= 4 is 169 Å². The van der Waals surface area contributed by atoms with Crippen LogP contribution in [0.1, 0.15) is 61.3 Å². The van der Waals surface area contributed by atoms with Crippen LogP contribution < -0.4 is 44.2 Å². The first-order valence-corrected chi connectivity index (χ1v) is 37.7. The van der Waals surface area contributed by atoms with Gasteiger partial charge in [-0.1, -0.05) is 117 Å². The van der Waals surface area contributed by atoms with Gasteiger partial charge in [-0.25, -0.2) is 0 Å². The number of pyridine rings is 4. The average Bonchev–Trinajstić information content (AvgIpc) is 1.71. The smallest absolute Gasteiger partial charge is 0.252 e. The van der Waals surface area contributed by atoms with Gasteiger partial charge in [0.05, 0.1) is 13.0 Å². The van der Waals surface area contributed by atoms with Gasteiger partial charge in [-0.2, -0.15) is 0 Å². The summed E-state index contributed by atoms with van der Waals surface area (Å²) in [6.07, 6.45) is 10.4. The van der Waals surface area contributed by atoms with E-state index in [-0.39, 0.29) is 66.9 Å². The van der Waals surface area contributed by atoms with Gasteiger partial charge in [0, 0.05) is 182 Å². The summed E-state index contributed by atoms with van der Waals surface area (Å²) in [5, 5.41) is 48.2. The molecule has 14 rings (SSSR count). The van der Waals surface area contributed by atoms with Crippen molar-refractivity contribution in [3.63, 3.8) is 0 Å². The fraction of sp³-hybridized carbons (Fsp3) is 0.284. The second kappa shape index (κ2) is 37.8. The van der Waals surface area contributed by atoms with Crippen molar-refractivity contribution in [2.24, 2.45) is 34.8 Å². The quantitative estimate of drug-likeness (QED) is 0.0373. The van der Waals surface area contributed by atoms with Gasteiger partial charge in [0.15, 0.2) is 22.6 Å². The third-order valence-electron chi connectivity index (χ3n) is 18.5. The Kier molecular flexibility index (Phi) is 28.2. The molecule has 12 aromatic rings. The molecule has 5 amide bonds. The van der Waals surface area contributed by atoms with Gasteiger partial charge in [-0.05, 0) is 141 Å². The summed E-state index contributed by atoms with van der Waals surface area (Å²) in [6, 6.07) is 28.4. The minimum Gasteiger partial charge on any atom is -0.384 e. The lowest BCUT2D eigenvalue weighted by atomic mass is 9.96. The number of piperidine rings is 2. The number of hydrogen-bond acceptors (Lipinski definition) is 20. The Balaban J connectivity index is 0.000000147. The molecule has 2 aliphatic heterocycles. The molecule has 2 aliphatic rings. The average molecular weight is 1670 g/mol. The lowest BCUT2D eigenvalue weighted by Crippen LogP contribution is -2.40. The zero-order valence-electron chi connectivity index (χ0n) is 60.3. The third kappa shape index (κ3) is 20.0. The lowest BCUT2D eigenvalue weighted by molar-refractivity contribution is -0.132. The van der Waals surface area contributed by atoms with Crippen molar-refractivity contribution in [3.05, 3.63) is 184 Å². The Morgan fingerprint density at radius 3 is 0.982 bits per heavy atom. The molecular formula is C74H76Cl8N22O7. The number of anilines is 4. The lowest BCUT2D eigenvalue weighted by Gasteiger charge is -2.30. The van der Waals surface area contributed by atoms with Crippen LogP contribution in [0.4, 0.5) is 23.8 Å². The van der Waals surface area contributed by atoms with Crippen molar-refractivity contribution in [1.29, 1.82) is 0 Å². The summed E-state index contributed by atoms with van der Waals surface area (Å²) in [6.45, 7) is 5.97. The molecule has 580 valence electrons. The monoisotopic (exact) mass is 1660 g/mol. The minimum absolute atomic E-state index is 0.0213. The van der Waals surface area contributed by atoms with E-state index >= 15 is 0 Å². The first-order chi connectivity index (χ1) is 53.4. The third-order valence-corrected chi connectivity index (χ3v) is 20.7. The van der Waals surface area contributed by atoms with Gasteiger partial charge >= 0.3 is 0 Å². The number of aromatic nitrogens is 12. The summed E-state index contributed by atoms with van der Waals surface area (Å²) in [4.78, 5) is 64.7. The number of rotatable bonds is 19. The normalized spacial score (nSPS) is 13.3. The zero-order chi connectivity index (χ0) is 79.3. The van der Waals surface area contributed by atoms with Gasteiger partial charge in [-0.15, -0.1) is 40.8 Å². The molecule has 0 saturated carbocycles. The highest BCUT2D eigenvalue weighted by molar-refractivity contribution is 6.38. The largest absolute Gasteiger partial charge is 0.384 e. The maximum Gasteiger partial charge on any atom is 0.252 e. The minimum atomic E-state index is -0.328. The number of benzene rings is 4. The molecule has 111 heavy (non-hydrogen) atoms. The van der Waals surface area contributed by atoms with E-state index < -0.39 is 0 Å². The second-order valence-corrected chi connectivity index (χ2v) is 29.2. The van der Waals surface area contributed by atoms with E-state index in [9.17, 15) is 24.0 Å². The number of hydrogen-bond donors (Lipinski definition) is 8. The molecule has 0 spiro atoms. The molecule has 37 heteroatoms. The number of likely N-dealkylation sites (tertiary alicyclic amines) is 2. The van der Waals surface area contributed by atoms with Crippen molar-refractivity contribution < 1.29 is 33.4 Å². The fourth-order valence-electron chi connectivity index (χ4n) is 12.5. The Morgan fingerprint density at radius 2 is 0.703 bits per heavy atom. The van der Waals surface area contributed by atoms with E-state index in [1.165, 1.54) is 14.2 Å². The Hall–Kier alpha value is -9.25. The number of nitrogens with two attached hydrogens (primary N) is 4. The highest BCUT2D eigenvalue weighted by Gasteiger charge is 2.29. The van der Waals surface area contributed by atoms with Crippen LogP contribution in [0, 0.1) is 11.8 Å². The molecule has 0 radical (unpaired) electrons. The number of ether oxygens (including phenoxy) is 2. The van der Waals surface area contributed by atoms with Crippen molar-refractivity contribution in [1.82, 2.24) is 68.2 Å².